The second-order valence-electron chi connectivity index (χ2n) is 5.14. The summed E-state index contributed by atoms with van der Waals surface area (Å²) in [6.07, 6.45) is 0. The third-order valence-corrected chi connectivity index (χ3v) is 3.32. The van der Waals surface area contributed by atoms with Crippen molar-refractivity contribution in [1.82, 2.24) is 0 Å². The highest BCUT2D eigenvalue weighted by atomic mass is 16.6. The van der Waals surface area contributed by atoms with Gasteiger partial charge in [-0.05, 0) is 38.1 Å². The van der Waals surface area contributed by atoms with E-state index in [9.17, 15) is 19.7 Å². The Labute approximate surface area is 138 Å². The Balaban J connectivity index is 2.00. The first-order chi connectivity index (χ1) is 11.4. The van der Waals surface area contributed by atoms with Gasteiger partial charge in [0.2, 0.25) is 0 Å². The first kappa shape index (κ1) is 17.1. The molecule has 2 aromatic carbocycles. The third-order valence-electron chi connectivity index (χ3n) is 3.32. The van der Waals surface area contributed by atoms with Gasteiger partial charge in [0, 0.05) is 17.2 Å². The highest BCUT2D eigenvalue weighted by Gasteiger charge is 2.13. The number of hydrogen-bond donors (Lipinski definition) is 1. The van der Waals surface area contributed by atoms with Crippen LogP contribution in [0.4, 0.5) is 11.4 Å². The number of rotatable bonds is 6. The minimum absolute atomic E-state index is 0.0119. The summed E-state index contributed by atoms with van der Waals surface area (Å²) >= 11 is 0. The SMILES string of the molecule is CC(=O)c1ccccc1NC(=O)COc1ccc([N+](=O)[O-])c(C)c1. The number of nitrogens with one attached hydrogen (secondary N) is 1. The Kier molecular flexibility index (Phi) is 5.26. The van der Waals surface area contributed by atoms with Gasteiger partial charge in [0.25, 0.3) is 11.6 Å². The summed E-state index contributed by atoms with van der Waals surface area (Å²) in [6.45, 7) is 2.73. The molecule has 1 N–H and O–H groups in total. The molecule has 0 fully saturated rings. The molecule has 0 aliphatic rings. The summed E-state index contributed by atoms with van der Waals surface area (Å²) in [5.41, 5.74) is 1.26. The number of ether oxygens (including phenoxy) is 1. The van der Waals surface area contributed by atoms with E-state index in [1.807, 2.05) is 0 Å². The van der Waals surface area contributed by atoms with Crippen molar-refractivity contribution in [3.8, 4) is 5.75 Å². The molecule has 0 saturated heterocycles. The van der Waals surface area contributed by atoms with E-state index in [4.69, 9.17) is 4.74 Å². The number of carbonyl (C=O) groups is 2. The number of nitro groups is 1. The molecule has 1 amide bonds. The van der Waals surface area contributed by atoms with Gasteiger partial charge >= 0.3 is 0 Å². The van der Waals surface area contributed by atoms with Gasteiger partial charge < -0.3 is 10.1 Å². The number of carbonyl (C=O) groups excluding carboxylic acids is 2. The second-order valence-corrected chi connectivity index (χ2v) is 5.14. The fourth-order valence-corrected chi connectivity index (χ4v) is 2.16. The van der Waals surface area contributed by atoms with Gasteiger partial charge in [-0.15, -0.1) is 0 Å². The summed E-state index contributed by atoms with van der Waals surface area (Å²) in [5, 5.41) is 13.4. The van der Waals surface area contributed by atoms with Crippen LogP contribution < -0.4 is 10.1 Å². The summed E-state index contributed by atoms with van der Waals surface area (Å²) in [6, 6.07) is 10.9. The molecule has 24 heavy (non-hydrogen) atoms. The Morgan fingerprint density at radius 1 is 1.21 bits per heavy atom. The van der Waals surface area contributed by atoms with Crippen LogP contribution in [0.25, 0.3) is 0 Å². The molecule has 0 aromatic heterocycles. The van der Waals surface area contributed by atoms with Gasteiger partial charge in [0.15, 0.2) is 12.4 Å². The van der Waals surface area contributed by atoms with Crippen LogP contribution in [0.5, 0.6) is 5.75 Å². The predicted octanol–water partition coefficient (Wildman–Crippen LogP) is 3.12. The van der Waals surface area contributed by atoms with Crippen molar-refractivity contribution in [3.63, 3.8) is 0 Å². The van der Waals surface area contributed by atoms with Crippen molar-refractivity contribution in [3.05, 3.63) is 63.7 Å². The average molecular weight is 328 g/mol. The maximum absolute atomic E-state index is 12.0. The lowest BCUT2D eigenvalue weighted by atomic mass is 10.1. The fraction of sp³-hybridized carbons (Fsp3) is 0.176. The summed E-state index contributed by atoms with van der Waals surface area (Å²) in [5.74, 6) is -0.231. The van der Waals surface area contributed by atoms with Crippen molar-refractivity contribution in [1.29, 1.82) is 0 Å². The van der Waals surface area contributed by atoms with Crippen LogP contribution in [-0.2, 0) is 4.79 Å². The molecule has 7 heteroatoms. The lowest BCUT2D eigenvalue weighted by Crippen LogP contribution is -2.21. The average Bonchev–Trinajstić information content (AvgIpc) is 2.53. The molecule has 0 saturated carbocycles. The Morgan fingerprint density at radius 2 is 1.92 bits per heavy atom. The normalized spacial score (nSPS) is 10.1. The van der Waals surface area contributed by atoms with Crippen molar-refractivity contribution < 1.29 is 19.2 Å². The molecular formula is C17H16N2O5. The van der Waals surface area contributed by atoms with E-state index in [0.717, 1.165) is 0 Å². The van der Waals surface area contributed by atoms with Crippen LogP contribution in [0.1, 0.15) is 22.8 Å². The van der Waals surface area contributed by atoms with Crippen molar-refractivity contribution in [2.45, 2.75) is 13.8 Å². The van der Waals surface area contributed by atoms with E-state index in [1.165, 1.54) is 25.1 Å². The number of para-hydroxylation sites is 1. The highest BCUT2D eigenvalue weighted by molar-refractivity contribution is 6.03. The van der Waals surface area contributed by atoms with Crippen molar-refractivity contribution in [2.75, 3.05) is 11.9 Å². The van der Waals surface area contributed by atoms with E-state index < -0.39 is 10.8 Å². The smallest absolute Gasteiger partial charge is 0.272 e. The second kappa shape index (κ2) is 7.36. The van der Waals surface area contributed by atoms with Crippen LogP contribution in [-0.4, -0.2) is 23.2 Å². The molecule has 124 valence electrons. The van der Waals surface area contributed by atoms with Crippen LogP contribution >= 0.6 is 0 Å². The number of ketones is 1. The van der Waals surface area contributed by atoms with E-state index in [1.54, 1.807) is 31.2 Å². The van der Waals surface area contributed by atoms with Crippen LogP contribution in [0.2, 0.25) is 0 Å². The molecule has 7 nitrogen and oxygen atoms in total. The molecule has 0 aliphatic carbocycles. The molecule has 0 heterocycles. The number of hydrogen-bond acceptors (Lipinski definition) is 5. The monoisotopic (exact) mass is 328 g/mol. The third kappa shape index (κ3) is 4.16. The number of nitrogens with zero attached hydrogens (tertiary/aromatic N) is 1. The predicted molar refractivity (Wildman–Crippen MR) is 88.4 cm³/mol. The summed E-state index contributed by atoms with van der Waals surface area (Å²) < 4.78 is 5.34. The standard InChI is InChI=1S/C17H16N2O5/c1-11-9-13(7-8-16(11)19(22)23)24-10-17(21)18-15-6-4-3-5-14(15)12(2)20/h3-9H,10H2,1-2H3,(H,18,21). The number of nitro benzene ring substituents is 1. The Bertz CT molecular complexity index is 801. The quantitative estimate of drug-likeness (QED) is 0.499. The van der Waals surface area contributed by atoms with Crippen molar-refractivity contribution in [2.24, 2.45) is 0 Å². The van der Waals surface area contributed by atoms with E-state index in [0.29, 0.717) is 22.6 Å². The topological polar surface area (TPSA) is 98.5 Å². The Hall–Kier alpha value is -3.22. The van der Waals surface area contributed by atoms with Gasteiger partial charge in [-0.3, -0.25) is 19.7 Å². The zero-order valence-electron chi connectivity index (χ0n) is 13.2. The highest BCUT2D eigenvalue weighted by Crippen LogP contribution is 2.23. The number of anilines is 1. The van der Waals surface area contributed by atoms with E-state index in [2.05, 4.69) is 5.32 Å². The molecule has 0 spiro atoms. The number of aryl methyl sites for hydroxylation is 1. The first-order valence-corrected chi connectivity index (χ1v) is 7.16. The van der Waals surface area contributed by atoms with Crippen LogP contribution in [0.3, 0.4) is 0 Å². The van der Waals surface area contributed by atoms with E-state index >= 15 is 0 Å². The summed E-state index contributed by atoms with van der Waals surface area (Å²) in [7, 11) is 0. The van der Waals surface area contributed by atoms with E-state index in [-0.39, 0.29) is 18.1 Å². The van der Waals surface area contributed by atoms with Gasteiger partial charge in [-0.1, -0.05) is 12.1 Å². The largest absolute Gasteiger partial charge is 0.484 e. The minimum atomic E-state index is -0.482. The number of benzene rings is 2. The van der Waals surface area contributed by atoms with Gasteiger partial charge in [-0.2, -0.15) is 0 Å². The maximum Gasteiger partial charge on any atom is 0.272 e. The zero-order valence-corrected chi connectivity index (χ0v) is 13.2. The molecule has 2 aromatic rings. The minimum Gasteiger partial charge on any atom is -0.484 e. The number of Topliss-reactive ketones (excluding diaryl/α,β-unsaturated/α-hetero) is 1. The van der Waals surface area contributed by atoms with Gasteiger partial charge in [0.05, 0.1) is 10.6 Å². The lowest BCUT2D eigenvalue weighted by molar-refractivity contribution is -0.385. The molecule has 0 unspecified atom stereocenters. The fourth-order valence-electron chi connectivity index (χ4n) is 2.16. The van der Waals surface area contributed by atoms with Gasteiger partial charge in [0.1, 0.15) is 5.75 Å². The lowest BCUT2D eigenvalue weighted by Gasteiger charge is -2.10. The molecule has 2 rings (SSSR count). The molecule has 0 aliphatic heterocycles. The molecule has 0 bridgehead atoms. The molecule has 0 atom stereocenters. The van der Waals surface area contributed by atoms with Gasteiger partial charge in [-0.25, -0.2) is 0 Å². The summed E-state index contributed by atoms with van der Waals surface area (Å²) in [4.78, 5) is 33.8. The Morgan fingerprint density at radius 3 is 2.54 bits per heavy atom. The van der Waals surface area contributed by atoms with Crippen LogP contribution in [0, 0.1) is 17.0 Å². The van der Waals surface area contributed by atoms with Crippen molar-refractivity contribution >= 4 is 23.1 Å². The van der Waals surface area contributed by atoms with Crippen LogP contribution in [0.15, 0.2) is 42.5 Å². The maximum atomic E-state index is 12.0. The zero-order chi connectivity index (χ0) is 17.7. The molecule has 0 radical (unpaired) electrons. The number of amides is 1. The molecular weight excluding hydrogens is 312 g/mol. The first-order valence-electron chi connectivity index (χ1n) is 7.16.